The second kappa shape index (κ2) is 5.45. The highest BCUT2D eigenvalue weighted by Crippen LogP contribution is 2.36. The van der Waals surface area contributed by atoms with Crippen LogP contribution in [0.1, 0.15) is 27.7 Å². The van der Waals surface area contributed by atoms with Crippen molar-refractivity contribution in [3.05, 3.63) is 0 Å². The van der Waals surface area contributed by atoms with Crippen LogP contribution in [0, 0.1) is 0 Å². The zero-order chi connectivity index (χ0) is 12.5. The molecule has 0 N–H and O–H groups in total. The van der Waals surface area contributed by atoms with Gasteiger partial charge >= 0.3 is 0 Å². The van der Waals surface area contributed by atoms with Crippen LogP contribution in [0.5, 0.6) is 0 Å². The number of hydrogen-bond donors (Lipinski definition) is 0. The van der Waals surface area contributed by atoms with Gasteiger partial charge in [-0.1, -0.05) is 27.7 Å². The quantitative estimate of drug-likeness (QED) is 0.726. The Kier molecular flexibility index (Phi) is 4.73. The first-order chi connectivity index (χ1) is 7.34. The van der Waals surface area contributed by atoms with Crippen LogP contribution in [-0.4, -0.2) is 44.8 Å². The first-order valence-electron chi connectivity index (χ1n) is 5.47. The maximum atomic E-state index is 11.9. The van der Waals surface area contributed by atoms with Crippen molar-refractivity contribution in [2.24, 2.45) is 0 Å². The second-order valence-corrected chi connectivity index (χ2v) is 7.89. The van der Waals surface area contributed by atoms with E-state index in [0.717, 1.165) is 0 Å². The van der Waals surface area contributed by atoms with Gasteiger partial charge in [0.15, 0.2) is 0 Å². The van der Waals surface area contributed by atoms with E-state index in [9.17, 15) is 9.59 Å². The maximum absolute atomic E-state index is 11.9. The van der Waals surface area contributed by atoms with Crippen molar-refractivity contribution in [3.63, 3.8) is 0 Å². The summed E-state index contributed by atoms with van der Waals surface area (Å²) in [6.07, 6.45) is 0. The molecule has 1 rings (SSSR count). The highest BCUT2D eigenvalue weighted by Gasteiger charge is 2.46. The van der Waals surface area contributed by atoms with Gasteiger partial charge in [0.05, 0.1) is 0 Å². The molecule has 0 bridgehead atoms. The number of rotatable bonds is 4. The lowest BCUT2D eigenvalue weighted by molar-refractivity contribution is -0.136. The first kappa shape index (κ1) is 13.9. The third kappa shape index (κ3) is 2.94. The molecule has 0 saturated carbocycles. The molecule has 0 aromatic carbocycles. The lowest BCUT2D eigenvalue weighted by atomic mass is 10.3. The van der Waals surface area contributed by atoms with Gasteiger partial charge in [-0.3, -0.25) is 14.5 Å². The highest BCUT2D eigenvalue weighted by molar-refractivity contribution is 8.05. The summed E-state index contributed by atoms with van der Waals surface area (Å²) in [6, 6.07) is 0. The van der Waals surface area contributed by atoms with Gasteiger partial charge in [0, 0.05) is 7.05 Å². The van der Waals surface area contributed by atoms with Gasteiger partial charge in [-0.25, -0.2) is 0 Å². The number of thioether (sulfide) groups is 2. The molecule has 0 radical (unpaired) electrons. The van der Waals surface area contributed by atoms with Crippen LogP contribution in [-0.2, 0) is 9.59 Å². The molecule has 3 nitrogen and oxygen atoms in total. The van der Waals surface area contributed by atoms with Crippen LogP contribution >= 0.6 is 23.5 Å². The van der Waals surface area contributed by atoms with Crippen LogP contribution in [0.4, 0.5) is 0 Å². The van der Waals surface area contributed by atoms with Gasteiger partial charge in [0.1, 0.15) is 10.5 Å². The Morgan fingerprint density at radius 2 is 1.25 bits per heavy atom. The summed E-state index contributed by atoms with van der Waals surface area (Å²) < 4.78 is 0. The van der Waals surface area contributed by atoms with Gasteiger partial charge in [0.25, 0.3) is 0 Å². The lowest BCUT2D eigenvalue weighted by Gasteiger charge is -2.18. The van der Waals surface area contributed by atoms with Crippen LogP contribution < -0.4 is 0 Å². The van der Waals surface area contributed by atoms with Gasteiger partial charge in [-0.05, 0) is 10.5 Å². The number of carbonyl (C=O) groups is 2. The predicted octanol–water partition coefficient (Wildman–Crippen LogP) is 2.01. The third-order valence-corrected chi connectivity index (χ3v) is 5.06. The van der Waals surface area contributed by atoms with E-state index in [4.69, 9.17) is 0 Å². The van der Waals surface area contributed by atoms with E-state index in [2.05, 4.69) is 27.7 Å². The normalized spacial score (nSPS) is 26.3. The van der Waals surface area contributed by atoms with Crippen molar-refractivity contribution in [1.29, 1.82) is 0 Å². The number of likely N-dealkylation sites (tertiary alicyclic amines) is 1. The standard InChI is InChI=1S/C11H19NO2S2/c1-6(2)15-8-9(16-7(3)4)11(14)12(5)10(8)13/h6-9H,1-5H3. The van der Waals surface area contributed by atoms with Crippen molar-refractivity contribution in [2.75, 3.05) is 7.05 Å². The smallest absolute Gasteiger partial charge is 0.243 e. The summed E-state index contributed by atoms with van der Waals surface area (Å²) in [6.45, 7) is 8.21. The van der Waals surface area contributed by atoms with E-state index >= 15 is 0 Å². The Balaban J connectivity index is 2.83. The Morgan fingerprint density at radius 3 is 1.50 bits per heavy atom. The van der Waals surface area contributed by atoms with Crippen molar-refractivity contribution < 1.29 is 9.59 Å². The summed E-state index contributed by atoms with van der Waals surface area (Å²) in [5.41, 5.74) is 0. The molecule has 1 fully saturated rings. The molecule has 0 aliphatic carbocycles. The fourth-order valence-corrected chi connectivity index (χ4v) is 4.22. The minimum atomic E-state index is -0.204. The van der Waals surface area contributed by atoms with E-state index in [1.165, 1.54) is 4.90 Å². The average Bonchev–Trinajstić information content (AvgIpc) is 2.34. The molecule has 2 atom stereocenters. The van der Waals surface area contributed by atoms with Crippen molar-refractivity contribution in [2.45, 2.75) is 48.7 Å². The molecule has 1 saturated heterocycles. The zero-order valence-electron chi connectivity index (χ0n) is 10.4. The third-order valence-electron chi connectivity index (χ3n) is 2.26. The Hall–Kier alpha value is -0.160. The van der Waals surface area contributed by atoms with E-state index in [1.807, 2.05) is 0 Å². The summed E-state index contributed by atoms with van der Waals surface area (Å²) >= 11 is 3.19. The fourth-order valence-electron chi connectivity index (χ4n) is 1.59. The molecule has 5 heteroatoms. The van der Waals surface area contributed by atoms with Gasteiger partial charge in [-0.15, -0.1) is 23.5 Å². The van der Waals surface area contributed by atoms with Gasteiger partial charge < -0.3 is 0 Å². The molecule has 0 spiro atoms. The molecule has 16 heavy (non-hydrogen) atoms. The molecule has 1 aliphatic heterocycles. The number of amides is 2. The van der Waals surface area contributed by atoms with E-state index < -0.39 is 0 Å². The van der Waals surface area contributed by atoms with Crippen molar-refractivity contribution in [3.8, 4) is 0 Å². The topological polar surface area (TPSA) is 37.4 Å². The van der Waals surface area contributed by atoms with Crippen LogP contribution in [0.25, 0.3) is 0 Å². The van der Waals surface area contributed by atoms with Gasteiger partial charge in [-0.2, -0.15) is 0 Å². The first-order valence-corrected chi connectivity index (χ1v) is 7.35. The summed E-state index contributed by atoms with van der Waals surface area (Å²) in [5, 5.41) is 0.321. The van der Waals surface area contributed by atoms with Crippen molar-refractivity contribution in [1.82, 2.24) is 4.90 Å². The molecule has 0 aromatic heterocycles. The molecule has 92 valence electrons. The molecule has 2 amide bonds. The average molecular weight is 261 g/mol. The van der Waals surface area contributed by atoms with Crippen LogP contribution in [0.2, 0.25) is 0 Å². The SMILES string of the molecule is CC(C)SC1C(=O)N(C)C(=O)C1SC(C)C. The monoisotopic (exact) mass is 261 g/mol. The summed E-state index contributed by atoms with van der Waals surface area (Å²) in [5.74, 6) is -0.0799. The maximum Gasteiger partial charge on any atom is 0.243 e. The van der Waals surface area contributed by atoms with Gasteiger partial charge in [0.2, 0.25) is 11.8 Å². The fraction of sp³-hybridized carbons (Fsp3) is 0.818. The Bertz CT molecular complexity index is 264. The van der Waals surface area contributed by atoms with Crippen LogP contribution in [0.3, 0.4) is 0 Å². The van der Waals surface area contributed by atoms with E-state index in [0.29, 0.717) is 10.5 Å². The molecule has 1 heterocycles. The Labute approximate surface area is 106 Å². The molecular formula is C11H19NO2S2. The minimum Gasteiger partial charge on any atom is -0.284 e. The number of imide groups is 1. The Morgan fingerprint density at radius 1 is 0.938 bits per heavy atom. The molecule has 0 aromatic rings. The predicted molar refractivity (Wildman–Crippen MR) is 70.8 cm³/mol. The lowest BCUT2D eigenvalue weighted by Crippen LogP contribution is -2.27. The minimum absolute atomic E-state index is 0.0400. The number of nitrogens with zero attached hydrogens (tertiary/aromatic N) is 1. The largest absolute Gasteiger partial charge is 0.284 e. The number of carbonyl (C=O) groups excluding carboxylic acids is 2. The number of hydrogen-bond acceptors (Lipinski definition) is 4. The summed E-state index contributed by atoms with van der Waals surface area (Å²) in [7, 11) is 1.58. The van der Waals surface area contributed by atoms with E-state index in [1.54, 1.807) is 30.6 Å². The van der Waals surface area contributed by atoms with Crippen LogP contribution in [0.15, 0.2) is 0 Å². The molecular weight excluding hydrogens is 242 g/mol. The molecule has 1 aliphatic rings. The summed E-state index contributed by atoms with van der Waals surface area (Å²) in [4.78, 5) is 25.1. The zero-order valence-corrected chi connectivity index (χ0v) is 12.0. The molecule has 2 unspecified atom stereocenters. The van der Waals surface area contributed by atoms with Crippen molar-refractivity contribution >= 4 is 35.3 Å². The highest BCUT2D eigenvalue weighted by atomic mass is 32.2. The van der Waals surface area contributed by atoms with E-state index in [-0.39, 0.29) is 22.3 Å². The second-order valence-electron chi connectivity index (χ2n) is 4.45.